The highest BCUT2D eigenvalue weighted by molar-refractivity contribution is 9.10. The molecule has 0 unspecified atom stereocenters. The summed E-state index contributed by atoms with van der Waals surface area (Å²) in [5.41, 5.74) is 1.12. The van der Waals surface area contributed by atoms with Crippen LogP contribution < -0.4 is 9.47 Å². The van der Waals surface area contributed by atoms with Crippen LogP contribution in [0.4, 0.5) is 0 Å². The Hall–Kier alpha value is -1.48. The third-order valence-corrected chi connectivity index (χ3v) is 3.17. The number of hydrogen-bond donors (Lipinski definition) is 0. The molecule has 0 spiro atoms. The number of ether oxygens (including phenoxy) is 2. The maximum atomic E-state index is 5.71. The van der Waals surface area contributed by atoms with Gasteiger partial charge in [0.2, 0.25) is 0 Å². The van der Waals surface area contributed by atoms with Crippen LogP contribution in [-0.4, -0.2) is 7.11 Å². The zero-order valence-electron chi connectivity index (χ0n) is 9.52. The average Bonchev–Trinajstić information content (AvgIpc) is 2.38. The van der Waals surface area contributed by atoms with E-state index in [-0.39, 0.29) is 0 Å². The second-order valence-corrected chi connectivity index (χ2v) is 4.41. The standard InChI is InChI=1S/C14H13BrO2/c1-16-12-6-4-7-13(9-12)17-10-11-5-2-3-8-14(11)15/h2-9H,10H2,1H3. The largest absolute Gasteiger partial charge is 0.497 e. The molecule has 0 atom stereocenters. The molecule has 88 valence electrons. The molecule has 0 aliphatic carbocycles. The van der Waals surface area contributed by atoms with Crippen LogP contribution >= 0.6 is 15.9 Å². The SMILES string of the molecule is COc1cccc(OCc2ccccc2Br)c1. The predicted molar refractivity (Wildman–Crippen MR) is 71.5 cm³/mol. The second kappa shape index (κ2) is 5.73. The van der Waals surface area contributed by atoms with E-state index in [2.05, 4.69) is 15.9 Å². The molecule has 0 aliphatic heterocycles. The summed E-state index contributed by atoms with van der Waals surface area (Å²) in [6.45, 7) is 0.536. The van der Waals surface area contributed by atoms with Crippen LogP contribution in [0.5, 0.6) is 11.5 Å². The quantitative estimate of drug-likeness (QED) is 0.847. The van der Waals surface area contributed by atoms with Crippen LogP contribution in [0.2, 0.25) is 0 Å². The minimum absolute atomic E-state index is 0.536. The van der Waals surface area contributed by atoms with E-state index in [0.717, 1.165) is 21.5 Å². The molecule has 0 aliphatic rings. The molecule has 17 heavy (non-hydrogen) atoms. The number of hydrogen-bond acceptors (Lipinski definition) is 2. The molecule has 0 bridgehead atoms. The fourth-order valence-corrected chi connectivity index (χ4v) is 1.87. The van der Waals surface area contributed by atoms with Crippen LogP contribution in [0.3, 0.4) is 0 Å². The van der Waals surface area contributed by atoms with Crippen molar-refractivity contribution in [2.75, 3.05) is 7.11 Å². The molecular weight excluding hydrogens is 280 g/mol. The first kappa shape index (κ1) is 12.0. The van der Waals surface area contributed by atoms with Crippen molar-refractivity contribution in [1.82, 2.24) is 0 Å². The summed E-state index contributed by atoms with van der Waals surface area (Å²) < 4.78 is 11.9. The Morgan fingerprint density at radius 3 is 2.53 bits per heavy atom. The molecule has 0 saturated carbocycles. The van der Waals surface area contributed by atoms with E-state index in [0.29, 0.717) is 6.61 Å². The first-order valence-electron chi connectivity index (χ1n) is 5.30. The van der Waals surface area contributed by atoms with Gasteiger partial charge in [0.1, 0.15) is 18.1 Å². The lowest BCUT2D eigenvalue weighted by molar-refractivity contribution is 0.303. The van der Waals surface area contributed by atoms with Gasteiger partial charge in [0.25, 0.3) is 0 Å². The summed E-state index contributed by atoms with van der Waals surface area (Å²) in [6.07, 6.45) is 0. The topological polar surface area (TPSA) is 18.5 Å². The molecule has 3 heteroatoms. The van der Waals surface area contributed by atoms with Crippen LogP contribution in [0, 0.1) is 0 Å². The summed E-state index contributed by atoms with van der Waals surface area (Å²) in [4.78, 5) is 0. The Bertz CT molecular complexity index is 497. The lowest BCUT2D eigenvalue weighted by atomic mass is 10.2. The predicted octanol–water partition coefficient (Wildman–Crippen LogP) is 4.04. The smallest absolute Gasteiger partial charge is 0.123 e. The fraction of sp³-hybridized carbons (Fsp3) is 0.143. The molecule has 0 aromatic heterocycles. The lowest BCUT2D eigenvalue weighted by Crippen LogP contribution is -1.96. The number of rotatable bonds is 4. The van der Waals surface area contributed by atoms with E-state index in [4.69, 9.17) is 9.47 Å². The highest BCUT2D eigenvalue weighted by atomic mass is 79.9. The monoisotopic (exact) mass is 292 g/mol. The Labute approximate surface area is 109 Å². The van der Waals surface area contributed by atoms with Gasteiger partial charge in [0, 0.05) is 16.1 Å². The van der Waals surface area contributed by atoms with E-state index in [1.807, 2.05) is 48.5 Å². The van der Waals surface area contributed by atoms with E-state index >= 15 is 0 Å². The van der Waals surface area contributed by atoms with Gasteiger partial charge in [0.05, 0.1) is 7.11 Å². The van der Waals surface area contributed by atoms with Crippen LogP contribution in [-0.2, 0) is 6.61 Å². The fourth-order valence-electron chi connectivity index (χ4n) is 1.47. The second-order valence-electron chi connectivity index (χ2n) is 3.56. The summed E-state index contributed by atoms with van der Waals surface area (Å²) in [7, 11) is 1.65. The van der Waals surface area contributed by atoms with E-state index < -0.39 is 0 Å². The van der Waals surface area contributed by atoms with Crippen molar-refractivity contribution in [2.24, 2.45) is 0 Å². The molecule has 0 N–H and O–H groups in total. The zero-order chi connectivity index (χ0) is 12.1. The van der Waals surface area contributed by atoms with Crippen molar-refractivity contribution < 1.29 is 9.47 Å². The summed E-state index contributed by atoms with van der Waals surface area (Å²) in [6, 6.07) is 15.6. The van der Waals surface area contributed by atoms with Crippen molar-refractivity contribution in [3.8, 4) is 11.5 Å². The Morgan fingerprint density at radius 2 is 1.76 bits per heavy atom. The molecule has 0 saturated heterocycles. The molecule has 2 nitrogen and oxygen atoms in total. The van der Waals surface area contributed by atoms with Crippen molar-refractivity contribution >= 4 is 15.9 Å². The van der Waals surface area contributed by atoms with E-state index in [1.165, 1.54) is 0 Å². The molecule has 0 amide bonds. The van der Waals surface area contributed by atoms with Gasteiger partial charge in [-0.15, -0.1) is 0 Å². The van der Waals surface area contributed by atoms with Crippen molar-refractivity contribution in [3.05, 3.63) is 58.6 Å². The van der Waals surface area contributed by atoms with Crippen LogP contribution in [0.25, 0.3) is 0 Å². The van der Waals surface area contributed by atoms with Crippen molar-refractivity contribution in [2.45, 2.75) is 6.61 Å². The Balaban J connectivity index is 2.05. The van der Waals surface area contributed by atoms with E-state index in [9.17, 15) is 0 Å². The minimum Gasteiger partial charge on any atom is -0.497 e. The molecule has 2 rings (SSSR count). The average molecular weight is 293 g/mol. The van der Waals surface area contributed by atoms with Gasteiger partial charge in [-0.2, -0.15) is 0 Å². The lowest BCUT2D eigenvalue weighted by Gasteiger charge is -2.08. The summed E-state index contributed by atoms with van der Waals surface area (Å²) in [5, 5.41) is 0. The molecular formula is C14H13BrO2. The molecule has 0 fully saturated rings. The van der Waals surface area contributed by atoms with Gasteiger partial charge in [0.15, 0.2) is 0 Å². The van der Waals surface area contributed by atoms with Gasteiger partial charge in [-0.1, -0.05) is 40.2 Å². The number of benzene rings is 2. The van der Waals surface area contributed by atoms with Gasteiger partial charge >= 0.3 is 0 Å². The normalized spacial score (nSPS) is 10.0. The highest BCUT2D eigenvalue weighted by Crippen LogP contribution is 2.22. The Morgan fingerprint density at radius 1 is 1.00 bits per heavy atom. The highest BCUT2D eigenvalue weighted by Gasteiger charge is 2.00. The summed E-state index contributed by atoms with van der Waals surface area (Å²) >= 11 is 3.49. The summed E-state index contributed by atoms with van der Waals surface area (Å²) in [5.74, 6) is 1.61. The Kier molecular flexibility index (Phi) is 4.04. The molecule has 2 aromatic carbocycles. The van der Waals surface area contributed by atoms with Crippen LogP contribution in [0.1, 0.15) is 5.56 Å². The zero-order valence-corrected chi connectivity index (χ0v) is 11.1. The molecule has 2 aromatic rings. The van der Waals surface area contributed by atoms with Crippen molar-refractivity contribution in [1.29, 1.82) is 0 Å². The molecule has 0 radical (unpaired) electrons. The maximum Gasteiger partial charge on any atom is 0.123 e. The van der Waals surface area contributed by atoms with E-state index in [1.54, 1.807) is 7.11 Å². The van der Waals surface area contributed by atoms with Gasteiger partial charge in [-0.25, -0.2) is 0 Å². The van der Waals surface area contributed by atoms with Gasteiger partial charge in [-0.05, 0) is 18.2 Å². The molecule has 0 heterocycles. The first-order chi connectivity index (χ1) is 8.29. The third kappa shape index (κ3) is 3.24. The van der Waals surface area contributed by atoms with Gasteiger partial charge < -0.3 is 9.47 Å². The van der Waals surface area contributed by atoms with Gasteiger partial charge in [-0.3, -0.25) is 0 Å². The minimum atomic E-state index is 0.536. The first-order valence-corrected chi connectivity index (χ1v) is 6.09. The number of methoxy groups -OCH3 is 1. The maximum absolute atomic E-state index is 5.71. The van der Waals surface area contributed by atoms with Crippen LogP contribution in [0.15, 0.2) is 53.0 Å². The van der Waals surface area contributed by atoms with Crippen molar-refractivity contribution in [3.63, 3.8) is 0 Å². The third-order valence-electron chi connectivity index (χ3n) is 2.39. The number of halogens is 1.